The molecular weight excluding hydrogens is 340 g/mol. The van der Waals surface area contributed by atoms with Crippen molar-refractivity contribution in [1.29, 1.82) is 0 Å². The monoisotopic (exact) mass is 360 g/mol. The summed E-state index contributed by atoms with van der Waals surface area (Å²) in [4.78, 5) is 35.0. The van der Waals surface area contributed by atoms with Crippen molar-refractivity contribution in [2.75, 3.05) is 42.9 Å². The average Bonchev–Trinajstić information content (AvgIpc) is 3.11. The standard InChI is InChI=1S/C16H20N6O4/c1-3-17-13-10-11(2)18-16(19-13)21-8-6-20(7-9-21)15(23)12-4-5-14(26-12)22(24)25/h4-5,10H,3,6-9H2,1-2H3,(H,17,18,19). The lowest BCUT2D eigenvalue weighted by Gasteiger charge is -2.34. The molecule has 0 bridgehead atoms. The van der Waals surface area contributed by atoms with E-state index in [1.54, 1.807) is 4.90 Å². The van der Waals surface area contributed by atoms with E-state index in [0.717, 1.165) is 18.1 Å². The van der Waals surface area contributed by atoms with Gasteiger partial charge in [0.1, 0.15) is 10.7 Å². The van der Waals surface area contributed by atoms with E-state index < -0.39 is 10.8 Å². The van der Waals surface area contributed by atoms with Crippen LogP contribution in [0.4, 0.5) is 17.7 Å². The molecule has 0 radical (unpaired) electrons. The van der Waals surface area contributed by atoms with Crippen LogP contribution in [0.25, 0.3) is 0 Å². The summed E-state index contributed by atoms with van der Waals surface area (Å²) >= 11 is 0. The Morgan fingerprint density at radius 1 is 1.31 bits per heavy atom. The minimum Gasteiger partial charge on any atom is -0.395 e. The third-order valence-electron chi connectivity index (χ3n) is 4.03. The van der Waals surface area contributed by atoms with Crippen LogP contribution in [-0.4, -0.2) is 58.4 Å². The number of amides is 1. The molecule has 3 rings (SSSR count). The van der Waals surface area contributed by atoms with Crippen LogP contribution in [0.15, 0.2) is 22.6 Å². The van der Waals surface area contributed by atoms with E-state index in [0.29, 0.717) is 32.1 Å². The molecule has 1 saturated heterocycles. The van der Waals surface area contributed by atoms with Gasteiger partial charge in [-0.25, -0.2) is 4.98 Å². The lowest BCUT2D eigenvalue weighted by Crippen LogP contribution is -2.49. The zero-order chi connectivity index (χ0) is 18.7. The molecule has 1 aliphatic heterocycles. The first-order chi connectivity index (χ1) is 12.5. The second-order valence-corrected chi connectivity index (χ2v) is 5.90. The number of carbonyl (C=O) groups is 1. The molecule has 0 aromatic carbocycles. The summed E-state index contributed by atoms with van der Waals surface area (Å²) in [5.41, 5.74) is 0.868. The molecule has 0 saturated carbocycles. The predicted molar refractivity (Wildman–Crippen MR) is 94.4 cm³/mol. The Bertz CT molecular complexity index is 813. The number of nitrogens with zero attached hydrogens (tertiary/aromatic N) is 5. The molecule has 1 fully saturated rings. The number of aryl methyl sites for hydroxylation is 1. The average molecular weight is 360 g/mol. The largest absolute Gasteiger partial charge is 0.433 e. The molecule has 0 atom stereocenters. The Morgan fingerprint density at radius 2 is 2.04 bits per heavy atom. The highest BCUT2D eigenvalue weighted by molar-refractivity contribution is 5.92. The number of nitro groups is 1. The topological polar surface area (TPSA) is 118 Å². The van der Waals surface area contributed by atoms with Crippen molar-refractivity contribution in [2.24, 2.45) is 0 Å². The molecule has 10 nitrogen and oxygen atoms in total. The van der Waals surface area contributed by atoms with Crippen molar-refractivity contribution in [1.82, 2.24) is 14.9 Å². The second-order valence-electron chi connectivity index (χ2n) is 5.90. The molecule has 26 heavy (non-hydrogen) atoms. The first-order valence-corrected chi connectivity index (χ1v) is 8.36. The van der Waals surface area contributed by atoms with Gasteiger partial charge in [-0.1, -0.05) is 0 Å². The number of anilines is 2. The van der Waals surface area contributed by atoms with Gasteiger partial charge in [0, 0.05) is 44.5 Å². The van der Waals surface area contributed by atoms with E-state index in [4.69, 9.17) is 4.42 Å². The fraction of sp³-hybridized carbons (Fsp3) is 0.438. The number of rotatable bonds is 5. The molecule has 2 aromatic rings. The van der Waals surface area contributed by atoms with Crippen LogP contribution in [0, 0.1) is 17.0 Å². The minimum absolute atomic E-state index is 0.0219. The summed E-state index contributed by atoms with van der Waals surface area (Å²) in [7, 11) is 0. The molecule has 0 aliphatic carbocycles. The van der Waals surface area contributed by atoms with Crippen molar-refractivity contribution in [3.8, 4) is 0 Å². The summed E-state index contributed by atoms with van der Waals surface area (Å²) < 4.78 is 4.99. The number of nitrogens with one attached hydrogen (secondary N) is 1. The lowest BCUT2D eigenvalue weighted by atomic mass is 10.3. The van der Waals surface area contributed by atoms with Crippen molar-refractivity contribution >= 4 is 23.6 Å². The minimum atomic E-state index is -0.661. The van der Waals surface area contributed by atoms with Gasteiger partial charge in [0.05, 0.1) is 6.07 Å². The van der Waals surface area contributed by atoms with Crippen LogP contribution < -0.4 is 10.2 Å². The molecule has 1 amide bonds. The fourth-order valence-electron chi connectivity index (χ4n) is 2.77. The highest BCUT2D eigenvalue weighted by Crippen LogP contribution is 2.20. The number of hydrogen-bond acceptors (Lipinski definition) is 8. The van der Waals surface area contributed by atoms with Crippen LogP contribution >= 0.6 is 0 Å². The summed E-state index contributed by atoms with van der Waals surface area (Å²) in [5.74, 6) is 0.594. The van der Waals surface area contributed by atoms with E-state index in [1.807, 2.05) is 24.8 Å². The third-order valence-corrected chi connectivity index (χ3v) is 4.03. The molecule has 1 aliphatic rings. The van der Waals surface area contributed by atoms with Gasteiger partial charge >= 0.3 is 5.88 Å². The van der Waals surface area contributed by atoms with Crippen LogP contribution in [0.5, 0.6) is 0 Å². The van der Waals surface area contributed by atoms with Crippen LogP contribution in [0.3, 0.4) is 0 Å². The van der Waals surface area contributed by atoms with Crippen molar-refractivity contribution in [3.05, 3.63) is 39.8 Å². The number of hydrogen-bond donors (Lipinski definition) is 1. The molecule has 0 spiro atoms. The SMILES string of the molecule is CCNc1cc(C)nc(N2CCN(C(=O)c3ccc([N+](=O)[O-])o3)CC2)n1. The van der Waals surface area contributed by atoms with Gasteiger partial charge in [0.25, 0.3) is 5.91 Å². The second kappa shape index (κ2) is 7.38. The van der Waals surface area contributed by atoms with Gasteiger partial charge in [-0.05, 0) is 19.9 Å². The molecule has 3 heterocycles. The van der Waals surface area contributed by atoms with Gasteiger partial charge in [-0.15, -0.1) is 0 Å². The molecule has 2 aromatic heterocycles. The molecule has 1 N–H and O–H groups in total. The number of carbonyl (C=O) groups excluding carboxylic acids is 1. The Morgan fingerprint density at radius 3 is 2.65 bits per heavy atom. The number of piperazine rings is 1. The van der Waals surface area contributed by atoms with Crippen LogP contribution in [0.1, 0.15) is 23.2 Å². The fourth-order valence-corrected chi connectivity index (χ4v) is 2.77. The first kappa shape index (κ1) is 17.6. The van der Waals surface area contributed by atoms with E-state index >= 15 is 0 Å². The van der Waals surface area contributed by atoms with Crippen molar-refractivity contribution < 1.29 is 14.1 Å². The van der Waals surface area contributed by atoms with E-state index in [-0.39, 0.29) is 11.7 Å². The molecule has 10 heteroatoms. The Hall–Kier alpha value is -3.17. The van der Waals surface area contributed by atoms with Gasteiger partial charge < -0.3 is 19.5 Å². The maximum absolute atomic E-state index is 12.4. The smallest absolute Gasteiger partial charge is 0.395 e. The van der Waals surface area contributed by atoms with Crippen molar-refractivity contribution in [2.45, 2.75) is 13.8 Å². The van der Waals surface area contributed by atoms with Crippen LogP contribution in [0.2, 0.25) is 0 Å². The van der Waals surface area contributed by atoms with E-state index in [9.17, 15) is 14.9 Å². The van der Waals surface area contributed by atoms with E-state index in [2.05, 4.69) is 15.3 Å². The predicted octanol–water partition coefficient (Wildman–Crippen LogP) is 1.68. The van der Waals surface area contributed by atoms with Gasteiger partial charge in [0.2, 0.25) is 5.95 Å². The Labute approximate surface area is 150 Å². The van der Waals surface area contributed by atoms with Crippen molar-refractivity contribution in [3.63, 3.8) is 0 Å². The third kappa shape index (κ3) is 3.73. The number of aromatic nitrogens is 2. The highest BCUT2D eigenvalue weighted by atomic mass is 16.6. The quantitative estimate of drug-likeness (QED) is 0.632. The Kier molecular flexibility index (Phi) is 5.01. The summed E-state index contributed by atoms with van der Waals surface area (Å²) in [5, 5.41) is 13.9. The lowest BCUT2D eigenvalue weighted by molar-refractivity contribution is -0.402. The zero-order valence-corrected chi connectivity index (χ0v) is 14.6. The van der Waals surface area contributed by atoms with Crippen LogP contribution in [-0.2, 0) is 0 Å². The van der Waals surface area contributed by atoms with Gasteiger partial charge in [-0.3, -0.25) is 14.9 Å². The normalized spacial score (nSPS) is 14.4. The Balaban J connectivity index is 1.65. The molecule has 138 valence electrons. The zero-order valence-electron chi connectivity index (χ0n) is 14.6. The summed E-state index contributed by atoms with van der Waals surface area (Å²) in [6.07, 6.45) is 0. The van der Waals surface area contributed by atoms with Gasteiger partial charge in [0.15, 0.2) is 5.76 Å². The summed E-state index contributed by atoms with van der Waals surface area (Å²) in [6.45, 7) is 6.75. The molecular formula is C16H20N6O4. The maximum atomic E-state index is 12.4. The maximum Gasteiger partial charge on any atom is 0.433 e. The van der Waals surface area contributed by atoms with Gasteiger partial charge in [-0.2, -0.15) is 4.98 Å². The van der Waals surface area contributed by atoms with E-state index in [1.165, 1.54) is 12.1 Å². The summed E-state index contributed by atoms with van der Waals surface area (Å²) in [6, 6.07) is 4.40. The first-order valence-electron chi connectivity index (χ1n) is 8.36. The number of furan rings is 1. The highest BCUT2D eigenvalue weighted by Gasteiger charge is 2.27. The molecule has 0 unspecified atom stereocenters.